The number of carbonyl (C=O) groups excluding carboxylic acids is 1. The number of aromatic nitrogens is 4. The van der Waals surface area contributed by atoms with Gasteiger partial charge >= 0.3 is 5.69 Å². The van der Waals surface area contributed by atoms with Gasteiger partial charge in [0.15, 0.2) is 5.82 Å². The number of ether oxygens (including phenoxy) is 2. The third-order valence-electron chi connectivity index (χ3n) is 5.89. The number of pyridine rings is 1. The Morgan fingerprint density at radius 2 is 2.00 bits per heavy atom. The lowest BCUT2D eigenvalue weighted by Crippen LogP contribution is -2.45. The van der Waals surface area contributed by atoms with E-state index in [4.69, 9.17) is 21.1 Å². The number of rotatable bonds is 8. The summed E-state index contributed by atoms with van der Waals surface area (Å²) in [7, 11) is 1.58. The van der Waals surface area contributed by atoms with E-state index in [0.29, 0.717) is 48.0 Å². The minimum Gasteiger partial charge on any atom is -0.478 e. The van der Waals surface area contributed by atoms with Gasteiger partial charge in [0.1, 0.15) is 11.4 Å². The number of hydrogen-bond acceptors (Lipinski definition) is 7. The van der Waals surface area contributed by atoms with Crippen molar-refractivity contribution in [3.63, 3.8) is 0 Å². The predicted molar refractivity (Wildman–Crippen MR) is 128 cm³/mol. The molecule has 0 unspecified atom stereocenters. The zero-order chi connectivity index (χ0) is 24.1. The van der Waals surface area contributed by atoms with E-state index in [1.807, 2.05) is 13.0 Å². The normalized spacial score (nSPS) is 14.7. The van der Waals surface area contributed by atoms with Crippen LogP contribution in [0.5, 0.6) is 5.88 Å². The molecule has 0 atom stereocenters. The first-order chi connectivity index (χ1) is 16.4. The third kappa shape index (κ3) is 5.10. The SMILES string of the molecule is CCOc1ccc(-c2nc(-c3cc(CNC(=O)C4(OC)CCCC4)ccc3Cl)[nH]c(=O)n2)cn1. The van der Waals surface area contributed by atoms with E-state index in [-0.39, 0.29) is 17.6 Å². The highest BCUT2D eigenvalue weighted by Gasteiger charge is 2.41. The van der Waals surface area contributed by atoms with Crippen LogP contribution in [0.25, 0.3) is 22.8 Å². The van der Waals surface area contributed by atoms with E-state index in [2.05, 4.69) is 25.3 Å². The fraction of sp³-hybridized carbons (Fsp3) is 0.375. The fourth-order valence-electron chi connectivity index (χ4n) is 4.06. The number of methoxy groups -OCH3 is 1. The van der Waals surface area contributed by atoms with Crippen LogP contribution in [0.4, 0.5) is 0 Å². The largest absolute Gasteiger partial charge is 0.478 e. The maximum absolute atomic E-state index is 12.8. The van der Waals surface area contributed by atoms with E-state index < -0.39 is 11.3 Å². The number of nitrogens with one attached hydrogen (secondary N) is 2. The molecular weight excluding hydrogens is 458 g/mol. The van der Waals surface area contributed by atoms with Gasteiger partial charge in [-0.2, -0.15) is 4.98 Å². The van der Waals surface area contributed by atoms with Crippen molar-refractivity contribution >= 4 is 17.5 Å². The highest BCUT2D eigenvalue weighted by atomic mass is 35.5. The summed E-state index contributed by atoms with van der Waals surface area (Å²) in [5, 5.41) is 3.37. The molecule has 0 aliphatic heterocycles. The molecule has 10 heteroatoms. The Bertz CT molecular complexity index is 1220. The van der Waals surface area contributed by atoms with Crippen LogP contribution in [-0.2, 0) is 16.1 Å². The number of halogens is 1. The molecule has 0 saturated heterocycles. The maximum atomic E-state index is 12.8. The van der Waals surface area contributed by atoms with Crippen LogP contribution >= 0.6 is 11.6 Å². The van der Waals surface area contributed by atoms with Crippen LogP contribution in [0.2, 0.25) is 5.02 Å². The molecule has 1 saturated carbocycles. The number of nitrogens with zero attached hydrogens (tertiary/aromatic N) is 3. The van der Waals surface area contributed by atoms with E-state index >= 15 is 0 Å². The summed E-state index contributed by atoms with van der Waals surface area (Å²) in [5.74, 6) is 0.838. The number of benzene rings is 1. The van der Waals surface area contributed by atoms with E-state index in [1.54, 1.807) is 37.6 Å². The lowest BCUT2D eigenvalue weighted by Gasteiger charge is -2.26. The summed E-state index contributed by atoms with van der Waals surface area (Å²) < 4.78 is 10.9. The molecule has 1 aliphatic rings. The minimum absolute atomic E-state index is 0.121. The van der Waals surface area contributed by atoms with Crippen molar-refractivity contribution in [3.8, 4) is 28.7 Å². The first-order valence-corrected chi connectivity index (χ1v) is 11.5. The predicted octanol–water partition coefficient (Wildman–Crippen LogP) is 3.52. The summed E-state index contributed by atoms with van der Waals surface area (Å²) in [4.78, 5) is 40.4. The standard InChI is InChI=1S/C24H26ClN5O4/c1-3-34-19-9-7-16(14-26-19)20-28-21(30-23(32)29-20)17-12-15(6-8-18(17)25)13-27-22(31)24(33-2)10-4-5-11-24/h6-9,12,14H,3-5,10-11,13H2,1-2H3,(H,27,31)(H,28,29,30,32). The zero-order valence-corrected chi connectivity index (χ0v) is 19.8. The Morgan fingerprint density at radius 3 is 2.68 bits per heavy atom. The molecule has 2 aromatic heterocycles. The van der Waals surface area contributed by atoms with E-state index in [9.17, 15) is 9.59 Å². The molecule has 3 aromatic rings. The van der Waals surface area contributed by atoms with Gasteiger partial charge in [0.2, 0.25) is 5.88 Å². The molecule has 2 heterocycles. The molecule has 0 bridgehead atoms. The van der Waals surface area contributed by atoms with Gasteiger partial charge in [0, 0.05) is 37.0 Å². The summed E-state index contributed by atoms with van der Waals surface area (Å²) in [6.07, 6.45) is 4.92. The summed E-state index contributed by atoms with van der Waals surface area (Å²) >= 11 is 6.43. The van der Waals surface area contributed by atoms with Gasteiger partial charge in [-0.1, -0.05) is 17.7 Å². The molecule has 1 aromatic carbocycles. The third-order valence-corrected chi connectivity index (χ3v) is 6.22. The second kappa shape index (κ2) is 10.3. The molecule has 2 N–H and O–H groups in total. The molecule has 1 fully saturated rings. The Labute approximate surface area is 201 Å². The average Bonchev–Trinajstić information content (AvgIpc) is 3.34. The lowest BCUT2D eigenvalue weighted by molar-refractivity contribution is -0.142. The first-order valence-electron chi connectivity index (χ1n) is 11.1. The van der Waals surface area contributed by atoms with E-state index in [0.717, 1.165) is 18.4 Å². The Morgan fingerprint density at radius 1 is 1.21 bits per heavy atom. The molecule has 1 amide bonds. The van der Waals surface area contributed by atoms with Crippen molar-refractivity contribution in [2.75, 3.05) is 13.7 Å². The van der Waals surface area contributed by atoms with Crippen LogP contribution in [0.15, 0.2) is 41.3 Å². The number of aromatic amines is 1. The number of H-pyrrole nitrogens is 1. The summed E-state index contributed by atoms with van der Waals surface area (Å²) in [6, 6.07) is 8.74. The van der Waals surface area contributed by atoms with Gasteiger partial charge in [0.25, 0.3) is 5.91 Å². The van der Waals surface area contributed by atoms with Crippen molar-refractivity contribution in [1.29, 1.82) is 0 Å². The number of hydrogen-bond donors (Lipinski definition) is 2. The van der Waals surface area contributed by atoms with Crippen molar-refractivity contribution in [2.45, 2.75) is 44.8 Å². The van der Waals surface area contributed by atoms with Gasteiger partial charge in [-0.3, -0.25) is 9.78 Å². The molecule has 1 aliphatic carbocycles. The Balaban J connectivity index is 1.58. The summed E-state index contributed by atoms with van der Waals surface area (Å²) in [5.41, 5.74) is 0.577. The van der Waals surface area contributed by atoms with Crippen LogP contribution in [-0.4, -0.2) is 45.2 Å². The van der Waals surface area contributed by atoms with Crippen molar-refractivity contribution < 1.29 is 14.3 Å². The molecule has 9 nitrogen and oxygen atoms in total. The van der Waals surface area contributed by atoms with Crippen LogP contribution < -0.4 is 15.7 Å². The quantitative estimate of drug-likeness (QED) is 0.503. The number of carbonyl (C=O) groups is 1. The van der Waals surface area contributed by atoms with Crippen molar-refractivity contribution in [3.05, 3.63) is 57.6 Å². The zero-order valence-electron chi connectivity index (χ0n) is 19.1. The lowest BCUT2D eigenvalue weighted by atomic mass is 10.0. The Hall–Kier alpha value is -3.30. The van der Waals surface area contributed by atoms with Gasteiger partial charge in [0.05, 0.1) is 11.6 Å². The second-order valence-electron chi connectivity index (χ2n) is 8.05. The highest BCUT2D eigenvalue weighted by molar-refractivity contribution is 6.33. The molecule has 0 spiro atoms. The topological polar surface area (TPSA) is 119 Å². The van der Waals surface area contributed by atoms with Crippen LogP contribution in [0, 0.1) is 0 Å². The molecule has 178 valence electrons. The molecule has 0 radical (unpaired) electrons. The fourth-order valence-corrected chi connectivity index (χ4v) is 4.27. The van der Waals surface area contributed by atoms with Gasteiger partial charge in [-0.25, -0.2) is 14.8 Å². The molecule has 34 heavy (non-hydrogen) atoms. The van der Waals surface area contributed by atoms with E-state index in [1.165, 1.54) is 0 Å². The maximum Gasteiger partial charge on any atom is 0.348 e. The Kier molecular flexibility index (Phi) is 7.23. The monoisotopic (exact) mass is 483 g/mol. The van der Waals surface area contributed by atoms with Crippen LogP contribution in [0.1, 0.15) is 38.2 Å². The van der Waals surface area contributed by atoms with Gasteiger partial charge < -0.3 is 14.8 Å². The van der Waals surface area contributed by atoms with Crippen molar-refractivity contribution in [1.82, 2.24) is 25.3 Å². The number of amides is 1. The minimum atomic E-state index is -0.756. The first kappa shape index (κ1) is 23.8. The average molecular weight is 484 g/mol. The smallest absolute Gasteiger partial charge is 0.348 e. The summed E-state index contributed by atoms with van der Waals surface area (Å²) in [6.45, 7) is 2.66. The molecular formula is C24H26ClN5O4. The highest BCUT2D eigenvalue weighted by Crippen LogP contribution is 2.33. The van der Waals surface area contributed by atoms with Crippen LogP contribution in [0.3, 0.4) is 0 Å². The van der Waals surface area contributed by atoms with Crippen molar-refractivity contribution in [2.24, 2.45) is 0 Å². The van der Waals surface area contributed by atoms with Gasteiger partial charge in [-0.05, 0) is 56.4 Å². The second-order valence-corrected chi connectivity index (χ2v) is 8.45. The molecule has 4 rings (SSSR count). The van der Waals surface area contributed by atoms with Gasteiger partial charge in [-0.15, -0.1) is 0 Å².